The quantitative estimate of drug-likeness (QED) is 0.469. The molecule has 4 aromatic rings. The van der Waals surface area contributed by atoms with Gasteiger partial charge in [0.25, 0.3) is 5.91 Å². The second-order valence-corrected chi connectivity index (χ2v) is 8.43. The minimum atomic E-state index is -0.109. The molecule has 0 unspecified atom stereocenters. The van der Waals surface area contributed by atoms with Gasteiger partial charge in [0.2, 0.25) is 11.8 Å². The Morgan fingerprint density at radius 1 is 0.939 bits per heavy atom. The van der Waals surface area contributed by atoms with Crippen LogP contribution in [0.15, 0.2) is 77.2 Å². The number of nitrogens with zero attached hydrogens (tertiary/aromatic N) is 2. The summed E-state index contributed by atoms with van der Waals surface area (Å²) in [5.41, 5.74) is 4.86. The molecule has 0 radical (unpaired) electrons. The number of anilines is 1. The van der Waals surface area contributed by atoms with Gasteiger partial charge in [0.05, 0.1) is 0 Å². The van der Waals surface area contributed by atoms with E-state index in [-0.39, 0.29) is 17.7 Å². The number of likely N-dealkylation sites (tertiary alicyclic amines) is 1. The lowest BCUT2D eigenvalue weighted by atomic mass is 9.95. The Labute approximate surface area is 192 Å². The minimum absolute atomic E-state index is 0.00685. The number of carbonyl (C=O) groups is 2. The first kappa shape index (κ1) is 20.9. The van der Waals surface area contributed by atoms with Crippen LogP contribution in [0.5, 0.6) is 0 Å². The molecular weight excluding hydrogens is 414 g/mol. The summed E-state index contributed by atoms with van der Waals surface area (Å²) in [7, 11) is 0. The molecule has 2 amide bonds. The van der Waals surface area contributed by atoms with Gasteiger partial charge in [0.15, 0.2) is 5.58 Å². The number of aromatic nitrogens is 1. The standard InChI is InChI=1S/C27H25N3O3/c1-18-6-2-3-7-22(18)27(32)30-16-14-19(15-17-30)25(31)28-21-12-10-20(11-13-21)26-29-23-8-4-5-9-24(23)33-26/h2-13,19H,14-17H2,1H3,(H,28,31). The molecule has 1 N–H and O–H groups in total. The lowest BCUT2D eigenvalue weighted by Crippen LogP contribution is -2.41. The summed E-state index contributed by atoms with van der Waals surface area (Å²) in [5.74, 6) is 0.483. The van der Waals surface area contributed by atoms with Crippen molar-refractivity contribution in [3.8, 4) is 11.5 Å². The Kier molecular flexibility index (Phi) is 5.65. The van der Waals surface area contributed by atoms with Crippen LogP contribution in [-0.2, 0) is 4.79 Å². The van der Waals surface area contributed by atoms with E-state index in [2.05, 4.69) is 10.3 Å². The van der Waals surface area contributed by atoms with E-state index < -0.39 is 0 Å². The molecule has 1 aliphatic rings. The fourth-order valence-electron chi connectivity index (χ4n) is 4.26. The molecule has 2 heterocycles. The second-order valence-electron chi connectivity index (χ2n) is 8.43. The predicted molar refractivity (Wildman–Crippen MR) is 128 cm³/mol. The average Bonchev–Trinajstić information content (AvgIpc) is 3.29. The molecule has 3 aromatic carbocycles. The number of oxazole rings is 1. The van der Waals surface area contributed by atoms with Crippen molar-refractivity contribution in [2.75, 3.05) is 18.4 Å². The SMILES string of the molecule is Cc1ccccc1C(=O)N1CCC(C(=O)Nc2ccc(-c3nc4ccccc4o3)cc2)CC1. The summed E-state index contributed by atoms with van der Waals surface area (Å²) < 4.78 is 5.81. The first-order chi connectivity index (χ1) is 16.1. The van der Waals surface area contributed by atoms with Crippen molar-refractivity contribution in [1.82, 2.24) is 9.88 Å². The van der Waals surface area contributed by atoms with Gasteiger partial charge >= 0.3 is 0 Å². The highest BCUT2D eigenvalue weighted by Crippen LogP contribution is 2.26. The zero-order valence-electron chi connectivity index (χ0n) is 18.5. The van der Waals surface area contributed by atoms with Gasteiger partial charge in [-0.2, -0.15) is 0 Å². The first-order valence-electron chi connectivity index (χ1n) is 11.2. The molecule has 1 aliphatic heterocycles. The van der Waals surface area contributed by atoms with Gasteiger partial charge in [0.1, 0.15) is 5.52 Å². The number of hydrogen-bond acceptors (Lipinski definition) is 4. The van der Waals surface area contributed by atoms with Gasteiger partial charge in [-0.25, -0.2) is 4.98 Å². The van der Waals surface area contributed by atoms with Crippen LogP contribution in [-0.4, -0.2) is 34.8 Å². The van der Waals surface area contributed by atoms with Crippen molar-refractivity contribution in [3.63, 3.8) is 0 Å². The minimum Gasteiger partial charge on any atom is -0.436 e. The molecule has 6 heteroatoms. The van der Waals surface area contributed by atoms with Crippen LogP contribution in [0.25, 0.3) is 22.6 Å². The van der Waals surface area contributed by atoms with Crippen molar-refractivity contribution in [3.05, 3.63) is 83.9 Å². The summed E-state index contributed by atoms with van der Waals surface area (Å²) >= 11 is 0. The third-order valence-corrected chi connectivity index (χ3v) is 6.22. The number of benzene rings is 3. The third kappa shape index (κ3) is 4.37. The molecule has 0 atom stereocenters. The summed E-state index contributed by atoms with van der Waals surface area (Å²) in [4.78, 5) is 32.0. The number of fused-ring (bicyclic) bond motifs is 1. The zero-order chi connectivity index (χ0) is 22.8. The van der Waals surface area contributed by atoms with E-state index in [4.69, 9.17) is 4.42 Å². The Hall–Kier alpha value is -3.93. The summed E-state index contributed by atoms with van der Waals surface area (Å²) in [6, 6.07) is 22.8. The van der Waals surface area contributed by atoms with Crippen molar-refractivity contribution in [2.24, 2.45) is 5.92 Å². The number of piperidine rings is 1. The van der Waals surface area contributed by atoms with Crippen LogP contribution in [0.1, 0.15) is 28.8 Å². The molecule has 166 valence electrons. The Balaban J connectivity index is 1.18. The molecule has 0 saturated carbocycles. The van der Waals surface area contributed by atoms with E-state index in [0.29, 0.717) is 31.8 Å². The molecule has 1 saturated heterocycles. The molecule has 0 spiro atoms. The largest absolute Gasteiger partial charge is 0.436 e. The zero-order valence-corrected chi connectivity index (χ0v) is 18.5. The number of para-hydroxylation sites is 2. The molecule has 5 rings (SSSR count). The van der Waals surface area contributed by atoms with Crippen LogP contribution < -0.4 is 5.32 Å². The van der Waals surface area contributed by atoms with E-state index in [1.807, 2.05) is 84.6 Å². The third-order valence-electron chi connectivity index (χ3n) is 6.22. The predicted octanol–water partition coefficient (Wildman–Crippen LogP) is 5.29. The second kappa shape index (κ2) is 8.90. The van der Waals surface area contributed by atoms with Gasteiger partial charge in [-0.1, -0.05) is 30.3 Å². The summed E-state index contributed by atoms with van der Waals surface area (Å²) in [6.07, 6.45) is 1.31. The number of hydrogen-bond donors (Lipinski definition) is 1. The topological polar surface area (TPSA) is 75.4 Å². The maximum Gasteiger partial charge on any atom is 0.254 e. The van der Waals surface area contributed by atoms with E-state index >= 15 is 0 Å². The molecular formula is C27H25N3O3. The van der Waals surface area contributed by atoms with E-state index in [0.717, 1.165) is 33.5 Å². The highest BCUT2D eigenvalue weighted by atomic mass is 16.3. The van der Waals surface area contributed by atoms with Crippen LogP contribution in [0, 0.1) is 12.8 Å². The van der Waals surface area contributed by atoms with Crippen molar-refractivity contribution in [2.45, 2.75) is 19.8 Å². The lowest BCUT2D eigenvalue weighted by molar-refractivity contribution is -0.121. The van der Waals surface area contributed by atoms with E-state index in [1.54, 1.807) is 0 Å². The Morgan fingerprint density at radius 3 is 2.36 bits per heavy atom. The van der Waals surface area contributed by atoms with Gasteiger partial charge in [-0.15, -0.1) is 0 Å². The van der Waals surface area contributed by atoms with Gasteiger partial charge < -0.3 is 14.6 Å². The number of nitrogens with one attached hydrogen (secondary N) is 1. The monoisotopic (exact) mass is 439 g/mol. The molecule has 1 aromatic heterocycles. The number of amides is 2. The fraction of sp³-hybridized carbons (Fsp3) is 0.222. The van der Waals surface area contributed by atoms with Gasteiger partial charge in [-0.3, -0.25) is 9.59 Å². The van der Waals surface area contributed by atoms with Gasteiger partial charge in [0, 0.05) is 35.8 Å². The normalized spacial score (nSPS) is 14.4. The molecule has 6 nitrogen and oxygen atoms in total. The van der Waals surface area contributed by atoms with Crippen LogP contribution in [0.2, 0.25) is 0 Å². The highest BCUT2D eigenvalue weighted by molar-refractivity contribution is 5.96. The first-order valence-corrected chi connectivity index (χ1v) is 11.2. The van der Waals surface area contributed by atoms with Crippen LogP contribution >= 0.6 is 0 Å². The van der Waals surface area contributed by atoms with E-state index in [9.17, 15) is 9.59 Å². The summed E-state index contributed by atoms with van der Waals surface area (Å²) in [5, 5.41) is 3.01. The molecule has 33 heavy (non-hydrogen) atoms. The van der Waals surface area contributed by atoms with Crippen LogP contribution in [0.4, 0.5) is 5.69 Å². The maximum absolute atomic E-state index is 12.8. The van der Waals surface area contributed by atoms with Crippen molar-refractivity contribution >= 4 is 28.6 Å². The van der Waals surface area contributed by atoms with Crippen molar-refractivity contribution in [1.29, 1.82) is 0 Å². The highest BCUT2D eigenvalue weighted by Gasteiger charge is 2.28. The Bertz CT molecular complexity index is 1270. The lowest BCUT2D eigenvalue weighted by Gasteiger charge is -2.31. The number of carbonyl (C=O) groups excluding carboxylic acids is 2. The Morgan fingerprint density at radius 2 is 1.64 bits per heavy atom. The fourth-order valence-corrected chi connectivity index (χ4v) is 4.26. The number of aryl methyl sites for hydroxylation is 1. The average molecular weight is 440 g/mol. The van der Waals surface area contributed by atoms with Crippen LogP contribution in [0.3, 0.4) is 0 Å². The van der Waals surface area contributed by atoms with Gasteiger partial charge in [-0.05, 0) is 67.8 Å². The van der Waals surface area contributed by atoms with E-state index in [1.165, 1.54) is 0 Å². The number of rotatable bonds is 4. The summed E-state index contributed by atoms with van der Waals surface area (Å²) in [6.45, 7) is 3.12. The molecule has 0 aliphatic carbocycles. The molecule has 1 fully saturated rings. The maximum atomic E-state index is 12.8. The van der Waals surface area contributed by atoms with Crippen molar-refractivity contribution < 1.29 is 14.0 Å². The smallest absolute Gasteiger partial charge is 0.254 e. The molecule has 0 bridgehead atoms.